The number of amides is 1. The van der Waals surface area contributed by atoms with Gasteiger partial charge in [-0.15, -0.1) is 11.3 Å². The van der Waals surface area contributed by atoms with E-state index in [-0.39, 0.29) is 16.8 Å². The molecular formula is C19H22N4O3S3. The number of hydrogen-bond acceptors (Lipinski definition) is 6. The number of likely N-dealkylation sites (tertiary alicyclic amines) is 1. The highest BCUT2D eigenvalue weighted by Gasteiger charge is 2.30. The number of benzene rings is 1. The van der Waals surface area contributed by atoms with E-state index in [2.05, 4.69) is 11.1 Å². The van der Waals surface area contributed by atoms with Crippen LogP contribution in [0.15, 0.2) is 45.8 Å². The first-order valence-corrected chi connectivity index (χ1v) is 12.8. The first-order chi connectivity index (χ1) is 13.9. The number of carbonyl (C=O) groups is 1. The van der Waals surface area contributed by atoms with Gasteiger partial charge in [-0.1, -0.05) is 17.8 Å². The van der Waals surface area contributed by atoms with Gasteiger partial charge in [-0.3, -0.25) is 4.79 Å². The zero-order chi connectivity index (χ0) is 20.6. The Kier molecular flexibility index (Phi) is 5.69. The number of fused-ring (bicyclic) bond motifs is 1. The molecule has 1 aliphatic rings. The molecule has 1 atom stereocenters. The fraction of sp³-hybridized carbons (Fsp3) is 0.368. The van der Waals surface area contributed by atoms with E-state index in [1.165, 1.54) is 28.8 Å². The van der Waals surface area contributed by atoms with Gasteiger partial charge in [0.1, 0.15) is 0 Å². The molecule has 1 aliphatic heterocycles. The SMILES string of the molecule is CCn1c(SCC(=O)N2CCCC2c2cccs2)nc2cc(S(N)(=O)=O)ccc21. The van der Waals surface area contributed by atoms with Crippen LogP contribution in [0, 0.1) is 0 Å². The Hall–Kier alpha value is -1.88. The number of rotatable bonds is 6. The summed E-state index contributed by atoms with van der Waals surface area (Å²) in [6, 6.07) is 8.97. The molecule has 3 heterocycles. The van der Waals surface area contributed by atoms with Crippen molar-refractivity contribution in [3.8, 4) is 0 Å². The average Bonchev–Trinajstić information content (AvgIpc) is 3.43. The van der Waals surface area contributed by atoms with Gasteiger partial charge in [-0.2, -0.15) is 0 Å². The fourth-order valence-corrected chi connectivity index (χ4v) is 6.10. The smallest absolute Gasteiger partial charge is 0.238 e. The van der Waals surface area contributed by atoms with Crippen molar-refractivity contribution in [2.45, 2.75) is 42.4 Å². The first kappa shape index (κ1) is 20.4. The molecule has 0 radical (unpaired) electrons. The molecule has 1 unspecified atom stereocenters. The van der Waals surface area contributed by atoms with Crippen molar-refractivity contribution in [2.75, 3.05) is 12.3 Å². The van der Waals surface area contributed by atoms with Crippen LogP contribution in [0.1, 0.15) is 30.7 Å². The molecule has 1 saturated heterocycles. The third kappa shape index (κ3) is 4.07. The van der Waals surface area contributed by atoms with Crippen molar-refractivity contribution in [2.24, 2.45) is 5.14 Å². The van der Waals surface area contributed by atoms with Gasteiger partial charge >= 0.3 is 0 Å². The third-order valence-electron chi connectivity index (χ3n) is 5.10. The number of aryl methyl sites for hydroxylation is 1. The minimum absolute atomic E-state index is 0.0363. The monoisotopic (exact) mass is 450 g/mol. The summed E-state index contributed by atoms with van der Waals surface area (Å²) in [7, 11) is -3.78. The fourth-order valence-electron chi connectivity index (χ4n) is 3.73. The second-order valence-corrected chi connectivity index (χ2v) is 10.4. The average molecular weight is 451 g/mol. The van der Waals surface area contributed by atoms with Crippen LogP contribution in [0.4, 0.5) is 0 Å². The summed E-state index contributed by atoms with van der Waals surface area (Å²) in [5.41, 5.74) is 1.39. The largest absolute Gasteiger partial charge is 0.334 e. The molecule has 2 aromatic heterocycles. The highest BCUT2D eigenvalue weighted by molar-refractivity contribution is 7.99. The lowest BCUT2D eigenvalue weighted by Crippen LogP contribution is -2.31. The lowest BCUT2D eigenvalue weighted by Gasteiger charge is -2.23. The Balaban J connectivity index is 1.54. The van der Waals surface area contributed by atoms with Crippen molar-refractivity contribution in [3.63, 3.8) is 0 Å². The zero-order valence-corrected chi connectivity index (χ0v) is 18.4. The molecule has 4 rings (SSSR count). The van der Waals surface area contributed by atoms with E-state index in [0.29, 0.717) is 23.0 Å². The molecule has 1 amide bonds. The molecule has 7 nitrogen and oxygen atoms in total. The summed E-state index contributed by atoms with van der Waals surface area (Å²) in [6.07, 6.45) is 2.02. The van der Waals surface area contributed by atoms with Crippen molar-refractivity contribution in [3.05, 3.63) is 40.6 Å². The number of sulfonamides is 1. The summed E-state index contributed by atoms with van der Waals surface area (Å²) in [5, 5.41) is 7.98. The van der Waals surface area contributed by atoms with Crippen LogP contribution in [0.5, 0.6) is 0 Å². The van der Waals surface area contributed by atoms with Crippen molar-refractivity contribution >= 4 is 50.1 Å². The topological polar surface area (TPSA) is 98.3 Å². The van der Waals surface area contributed by atoms with Gasteiger partial charge in [0.15, 0.2) is 5.16 Å². The van der Waals surface area contributed by atoms with Crippen LogP contribution in [0.25, 0.3) is 11.0 Å². The predicted molar refractivity (Wildman–Crippen MR) is 116 cm³/mol. The standard InChI is InChI=1S/C19H22N4O3S3/c1-2-22-15-8-7-13(29(20,25)26)11-14(15)21-19(22)28-12-18(24)23-9-3-5-16(23)17-6-4-10-27-17/h4,6-8,10-11,16H,2-3,5,9,12H2,1H3,(H2,20,25,26). The van der Waals surface area contributed by atoms with Crippen LogP contribution >= 0.6 is 23.1 Å². The number of nitrogens with zero attached hydrogens (tertiary/aromatic N) is 3. The molecule has 2 N–H and O–H groups in total. The molecule has 1 aromatic carbocycles. The van der Waals surface area contributed by atoms with Gasteiger partial charge in [0.05, 0.1) is 27.7 Å². The normalized spacial score (nSPS) is 17.3. The number of thioether (sulfide) groups is 1. The van der Waals surface area contributed by atoms with E-state index in [4.69, 9.17) is 5.14 Å². The summed E-state index contributed by atoms with van der Waals surface area (Å²) in [5.74, 6) is 0.401. The summed E-state index contributed by atoms with van der Waals surface area (Å²) < 4.78 is 25.2. The third-order valence-corrected chi connectivity index (χ3v) is 7.94. The molecule has 0 bridgehead atoms. The van der Waals surface area contributed by atoms with Gasteiger partial charge in [0, 0.05) is 18.0 Å². The Labute approximate surface area is 178 Å². The van der Waals surface area contributed by atoms with Gasteiger partial charge in [0.2, 0.25) is 15.9 Å². The highest BCUT2D eigenvalue weighted by atomic mass is 32.2. The molecule has 0 aliphatic carbocycles. The number of thiophene rings is 1. The zero-order valence-electron chi connectivity index (χ0n) is 15.9. The van der Waals surface area contributed by atoms with Gasteiger partial charge in [0.25, 0.3) is 0 Å². The Bertz CT molecular complexity index is 1140. The van der Waals surface area contributed by atoms with Crippen LogP contribution < -0.4 is 5.14 Å². The molecule has 154 valence electrons. The van der Waals surface area contributed by atoms with E-state index in [1.54, 1.807) is 17.4 Å². The number of carbonyl (C=O) groups excluding carboxylic acids is 1. The van der Waals surface area contributed by atoms with Crippen molar-refractivity contribution < 1.29 is 13.2 Å². The van der Waals surface area contributed by atoms with Crippen molar-refractivity contribution in [1.29, 1.82) is 0 Å². The maximum atomic E-state index is 12.9. The summed E-state index contributed by atoms with van der Waals surface area (Å²) in [4.78, 5) is 20.7. The van der Waals surface area contributed by atoms with Crippen LogP contribution in [-0.4, -0.2) is 41.1 Å². The maximum Gasteiger partial charge on any atom is 0.238 e. The van der Waals surface area contributed by atoms with Gasteiger partial charge < -0.3 is 9.47 Å². The van der Waals surface area contributed by atoms with Crippen LogP contribution in [0.2, 0.25) is 0 Å². The lowest BCUT2D eigenvalue weighted by atomic mass is 10.2. The first-order valence-electron chi connectivity index (χ1n) is 9.37. The van der Waals surface area contributed by atoms with E-state index in [9.17, 15) is 13.2 Å². The number of aromatic nitrogens is 2. The van der Waals surface area contributed by atoms with Crippen LogP contribution in [0.3, 0.4) is 0 Å². The van der Waals surface area contributed by atoms with E-state index in [1.807, 2.05) is 27.8 Å². The minimum atomic E-state index is -3.78. The number of imidazole rings is 1. The molecule has 29 heavy (non-hydrogen) atoms. The molecule has 3 aromatic rings. The van der Waals surface area contributed by atoms with Gasteiger partial charge in [-0.05, 0) is 49.4 Å². The quantitative estimate of drug-likeness (QED) is 0.582. The van der Waals surface area contributed by atoms with E-state index in [0.717, 1.165) is 24.9 Å². The Morgan fingerprint density at radius 1 is 1.38 bits per heavy atom. The lowest BCUT2D eigenvalue weighted by molar-refractivity contribution is -0.129. The molecular weight excluding hydrogens is 428 g/mol. The molecule has 1 fully saturated rings. The maximum absolute atomic E-state index is 12.9. The number of hydrogen-bond donors (Lipinski definition) is 1. The highest BCUT2D eigenvalue weighted by Crippen LogP contribution is 2.35. The van der Waals surface area contributed by atoms with Crippen molar-refractivity contribution in [1.82, 2.24) is 14.5 Å². The second-order valence-electron chi connectivity index (χ2n) is 6.88. The molecule has 10 heteroatoms. The molecule has 0 spiro atoms. The van der Waals surface area contributed by atoms with Crippen LogP contribution in [-0.2, 0) is 21.4 Å². The number of primary sulfonamides is 1. The Morgan fingerprint density at radius 3 is 2.90 bits per heavy atom. The summed E-state index contributed by atoms with van der Waals surface area (Å²) >= 11 is 3.08. The Morgan fingerprint density at radius 2 is 2.21 bits per heavy atom. The predicted octanol–water partition coefficient (Wildman–Crippen LogP) is 3.22. The van der Waals surface area contributed by atoms with E-state index < -0.39 is 10.0 Å². The summed E-state index contributed by atoms with van der Waals surface area (Å²) in [6.45, 7) is 3.45. The number of nitrogens with two attached hydrogens (primary N) is 1. The minimum Gasteiger partial charge on any atom is -0.334 e. The van der Waals surface area contributed by atoms with Gasteiger partial charge in [-0.25, -0.2) is 18.5 Å². The van der Waals surface area contributed by atoms with E-state index >= 15 is 0 Å². The second kappa shape index (κ2) is 8.10. The molecule has 0 saturated carbocycles.